The summed E-state index contributed by atoms with van der Waals surface area (Å²) in [6, 6.07) is 14.2. The minimum absolute atomic E-state index is 0.135. The Labute approximate surface area is 169 Å². The van der Waals surface area contributed by atoms with Gasteiger partial charge in [0.15, 0.2) is 5.69 Å². The number of hydrogen-bond donors (Lipinski definition) is 1. The minimum atomic E-state index is -0.135. The number of aryl methyl sites for hydroxylation is 2. The number of para-hydroxylation sites is 1. The molecule has 0 aliphatic heterocycles. The lowest BCUT2D eigenvalue weighted by molar-refractivity contribution is 0.0944. The summed E-state index contributed by atoms with van der Waals surface area (Å²) < 4.78 is 3.99. The molecule has 0 fully saturated rings. The zero-order valence-corrected chi connectivity index (χ0v) is 16.6. The molecule has 5 rings (SSSR count). The van der Waals surface area contributed by atoms with Gasteiger partial charge in [-0.3, -0.25) is 4.79 Å². The van der Waals surface area contributed by atoms with Gasteiger partial charge in [-0.1, -0.05) is 24.3 Å². The van der Waals surface area contributed by atoms with E-state index in [1.54, 1.807) is 0 Å². The fraction of sp³-hybridized carbons (Fsp3) is 0.261. The predicted molar refractivity (Wildman–Crippen MR) is 111 cm³/mol. The van der Waals surface area contributed by atoms with Gasteiger partial charge in [0.2, 0.25) is 0 Å². The van der Waals surface area contributed by atoms with Crippen LogP contribution in [0.3, 0.4) is 0 Å². The number of fused-ring (bicyclic) bond motifs is 2. The van der Waals surface area contributed by atoms with Crippen LogP contribution >= 0.6 is 0 Å². The number of rotatable bonds is 4. The van der Waals surface area contributed by atoms with Crippen LogP contribution in [-0.4, -0.2) is 25.1 Å². The monoisotopic (exact) mass is 385 g/mol. The normalized spacial score (nSPS) is 13.0. The Bertz CT molecular complexity index is 1230. The van der Waals surface area contributed by atoms with Crippen molar-refractivity contribution in [2.45, 2.75) is 39.7 Å². The molecule has 1 N–H and O–H groups in total. The molecule has 1 amide bonds. The van der Waals surface area contributed by atoms with Gasteiger partial charge in [-0.05, 0) is 56.9 Å². The smallest absolute Gasteiger partial charge is 0.272 e. The largest absolute Gasteiger partial charge is 0.345 e. The fourth-order valence-corrected chi connectivity index (χ4v) is 4.16. The molecule has 6 heteroatoms. The summed E-state index contributed by atoms with van der Waals surface area (Å²) in [6.45, 7) is 4.49. The van der Waals surface area contributed by atoms with E-state index in [0.29, 0.717) is 12.2 Å². The SMILES string of the molecule is Cc1ccccc1-n1nc(C(=O)NCc2cn3c(C)cccc3n2)c2c1CCC2. The fourth-order valence-electron chi connectivity index (χ4n) is 4.16. The van der Waals surface area contributed by atoms with Gasteiger partial charge < -0.3 is 9.72 Å². The minimum Gasteiger partial charge on any atom is -0.345 e. The molecule has 3 aromatic heterocycles. The Morgan fingerprint density at radius 1 is 1.10 bits per heavy atom. The molecule has 0 saturated heterocycles. The lowest BCUT2D eigenvalue weighted by Crippen LogP contribution is -2.24. The first-order chi connectivity index (χ1) is 14.1. The van der Waals surface area contributed by atoms with E-state index in [0.717, 1.165) is 58.8 Å². The van der Waals surface area contributed by atoms with Crippen LogP contribution in [0, 0.1) is 13.8 Å². The number of carbonyl (C=O) groups excluding carboxylic acids is 1. The molecule has 0 atom stereocenters. The Morgan fingerprint density at radius 2 is 1.97 bits per heavy atom. The molecular weight excluding hydrogens is 362 g/mol. The number of imidazole rings is 1. The van der Waals surface area contributed by atoms with Gasteiger partial charge >= 0.3 is 0 Å². The second kappa shape index (κ2) is 6.88. The molecule has 4 aromatic rings. The zero-order valence-electron chi connectivity index (χ0n) is 16.6. The van der Waals surface area contributed by atoms with Crippen molar-refractivity contribution in [3.63, 3.8) is 0 Å². The van der Waals surface area contributed by atoms with Crippen molar-refractivity contribution in [2.75, 3.05) is 0 Å². The molecule has 0 saturated carbocycles. The van der Waals surface area contributed by atoms with Crippen molar-refractivity contribution < 1.29 is 4.79 Å². The lowest BCUT2D eigenvalue weighted by atomic mass is 10.2. The Morgan fingerprint density at radius 3 is 2.79 bits per heavy atom. The zero-order chi connectivity index (χ0) is 20.0. The summed E-state index contributed by atoms with van der Waals surface area (Å²) in [5, 5.41) is 7.73. The molecular formula is C23H23N5O. The van der Waals surface area contributed by atoms with Crippen LogP contribution in [0.4, 0.5) is 0 Å². The summed E-state index contributed by atoms with van der Waals surface area (Å²) in [4.78, 5) is 17.6. The highest BCUT2D eigenvalue weighted by Crippen LogP contribution is 2.28. The first-order valence-corrected chi connectivity index (χ1v) is 10.0. The molecule has 0 unspecified atom stereocenters. The standard InChI is InChI=1S/C23H23N5O/c1-15-7-3-4-10-19(15)28-20-11-6-9-18(20)22(26-28)23(29)24-13-17-14-27-16(2)8-5-12-21(27)25-17/h3-5,7-8,10,12,14H,6,9,11,13H2,1-2H3,(H,24,29). The van der Waals surface area contributed by atoms with Crippen molar-refractivity contribution in [2.24, 2.45) is 0 Å². The van der Waals surface area contributed by atoms with Crippen LogP contribution in [0.5, 0.6) is 0 Å². The molecule has 0 spiro atoms. The number of hydrogen-bond acceptors (Lipinski definition) is 3. The van der Waals surface area contributed by atoms with E-state index in [1.165, 1.54) is 0 Å². The third-order valence-corrected chi connectivity index (χ3v) is 5.66. The number of pyridine rings is 1. The van der Waals surface area contributed by atoms with E-state index in [9.17, 15) is 4.79 Å². The van der Waals surface area contributed by atoms with Crippen molar-refractivity contribution in [3.05, 3.63) is 82.6 Å². The maximum atomic E-state index is 13.0. The number of nitrogens with one attached hydrogen (secondary N) is 1. The van der Waals surface area contributed by atoms with Gasteiger partial charge in [-0.25, -0.2) is 9.67 Å². The lowest BCUT2D eigenvalue weighted by Gasteiger charge is -2.08. The predicted octanol–water partition coefficient (Wildman–Crippen LogP) is 3.56. The Balaban J connectivity index is 1.42. The summed E-state index contributed by atoms with van der Waals surface area (Å²) in [7, 11) is 0. The highest BCUT2D eigenvalue weighted by Gasteiger charge is 2.27. The van der Waals surface area contributed by atoms with Gasteiger partial charge in [0.25, 0.3) is 5.91 Å². The summed E-state index contributed by atoms with van der Waals surface area (Å²) in [5.74, 6) is -0.135. The number of carbonyl (C=O) groups is 1. The van der Waals surface area contributed by atoms with Crippen molar-refractivity contribution in [3.8, 4) is 5.69 Å². The number of benzene rings is 1. The van der Waals surface area contributed by atoms with Gasteiger partial charge in [-0.15, -0.1) is 0 Å². The number of nitrogens with zero attached hydrogens (tertiary/aromatic N) is 4. The van der Waals surface area contributed by atoms with Crippen LogP contribution in [0.15, 0.2) is 48.7 Å². The molecule has 0 bridgehead atoms. The average molecular weight is 385 g/mol. The highest BCUT2D eigenvalue weighted by molar-refractivity contribution is 5.94. The topological polar surface area (TPSA) is 64.2 Å². The van der Waals surface area contributed by atoms with E-state index in [-0.39, 0.29) is 5.91 Å². The van der Waals surface area contributed by atoms with E-state index in [4.69, 9.17) is 5.10 Å². The molecule has 1 aliphatic carbocycles. The average Bonchev–Trinajstić information content (AvgIpc) is 3.42. The Hall–Kier alpha value is -3.41. The van der Waals surface area contributed by atoms with Crippen molar-refractivity contribution in [1.82, 2.24) is 24.5 Å². The second-order valence-corrected chi connectivity index (χ2v) is 7.64. The maximum absolute atomic E-state index is 13.0. The quantitative estimate of drug-likeness (QED) is 0.584. The summed E-state index contributed by atoms with van der Waals surface area (Å²) in [5.41, 5.74) is 7.81. The van der Waals surface area contributed by atoms with E-state index in [2.05, 4.69) is 29.4 Å². The molecule has 1 aromatic carbocycles. The maximum Gasteiger partial charge on any atom is 0.272 e. The van der Waals surface area contributed by atoms with E-state index < -0.39 is 0 Å². The van der Waals surface area contributed by atoms with E-state index >= 15 is 0 Å². The van der Waals surface area contributed by atoms with Gasteiger partial charge in [0.05, 0.1) is 17.9 Å². The molecule has 29 heavy (non-hydrogen) atoms. The molecule has 0 radical (unpaired) electrons. The third-order valence-electron chi connectivity index (χ3n) is 5.66. The molecule has 1 aliphatic rings. The van der Waals surface area contributed by atoms with E-state index in [1.807, 2.05) is 52.5 Å². The first-order valence-electron chi connectivity index (χ1n) is 10.0. The molecule has 3 heterocycles. The van der Waals surface area contributed by atoms with Gasteiger partial charge in [0.1, 0.15) is 5.65 Å². The highest BCUT2D eigenvalue weighted by atomic mass is 16.2. The van der Waals surface area contributed by atoms with Crippen LogP contribution in [0.2, 0.25) is 0 Å². The summed E-state index contributed by atoms with van der Waals surface area (Å²) in [6.07, 6.45) is 4.89. The second-order valence-electron chi connectivity index (χ2n) is 7.64. The first kappa shape index (κ1) is 17.7. The van der Waals surface area contributed by atoms with Crippen LogP contribution in [0.1, 0.15) is 45.1 Å². The van der Waals surface area contributed by atoms with Crippen molar-refractivity contribution in [1.29, 1.82) is 0 Å². The molecule has 6 nitrogen and oxygen atoms in total. The number of amides is 1. The van der Waals surface area contributed by atoms with Gasteiger partial charge in [-0.2, -0.15) is 5.10 Å². The molecule has 146 valence electrons. The van der Waals surface area contributed by atoms with Gasteiger partial charge in [0, 0.05) is 23.1 Å². The van der Waals surface area contributed by atoms with Crippen LogP contribution < -0.4 is 5.32 Å². The van der Waals surface area contributed by atoms with Crippen LogP contribution in [-0.2, 0) is 19.4 Å². The Kier molecular flexibility index (Phi) is 4.19. The summed E-state index contributed by atoms with van der Waals surface area (Å²) >= 11 is 0. The number of aromatic nitrogens is 4. The third kappa shape index (κ3) is 3.01. The van der Waals surface area contributed by atoms with Crippen molar-refractivity contribution >= 4 is 11.6 Å². The van der Waals surface area contributed by atoms with Crippen LogP contribution in [0.25, 0.3) is 11.3 Å².